The van der Waals surface area contributed by atoms with Gasteiger partial charge in [-0.2, -0.15) is 0 Å². The molecule has 4 heteroatoms. The van der Waals surface area contributed by atoms with E-state index >= 15 is 0 Å². The fourth-order valence-electron chi connectivity index (χ4n) is 9.12. The second-order valence-electron chi connectivity index (χ2n) is 14.6. The summed E-state index contributed by atoms with van der Waals surface area (Å²) in [6.07, 6.45) is 0. The highest BCUT2D eigenvalue weighted by atomic mass is 31.0. The van der Waals surface area contributed by atoms with Crippen LogP contribution in [0.1, 0.15) is 38.2 Å². The standard InChI is InChI=1S/C49H37N2OP/c1-28-25-31(4)44(32(5)26-28)38-20-11-18-36-35-17-10-19-37(43-29(2)13-9-14-30(43)3)46(35)50(47(36)38)40-22-12-21-39-45(40)49-51(48(39)52)41-27-34(23-24-42(41)53-49)33-15-7-6-8-16-33/h6-27H,1-5H3. The molecule has 0 amide bonds. The van der Waals surface area contributed by atoms with Gasteiger partial charge in [0.15, 0.2) is 0 Å². The molecule has 0 fully saturated rings. The second-order valence-corrected chi connectivity index (χ2v) is 15.8. The predicted molar refractivity (Wildman–Crippen MR) is 224 cm³/mol. The maximum Gasteiger partial charge on any atom is 0.263 e. The number of aryl methyl sites for hydroxylation is 5. The molecule has 3 nitrogen and oxygen atoms in total. The Balaban J connectivity index is 1.35. The van der Waals surface area contributed by atoms with E-state index in [9.17, 15) is 4.79 Å². The van der Waals surface area contributed by atoms with Crippen molar-refractivity contribution in [3.63, 3.8) is 0 Å². The SMILES string of the molecule is Cc1cc(C)c(-c2cccc3c4cccc(-c5c(C)cccc5C)c4n(-c4cccc5c4-c4pc6ccc(-c7ccccc7)cc6n4C5=O)c23)c(C)c1. The monoisotopic (exact) mass is 700 g/mol. The minimum absolute atomic E-state index is 0.0366. The van der Waals surface area contributed by atoms with Crippen LogP contribution in [0.5, 0.6) is 0 Å². The number of fused-ring (bicyclic) bond motifs is 8. The third-order valence-corrected chi connectivity index (χ3v) is 12.5. The molecule has 0 saturated heterocycles. The number of hydrogen-bond acceptors (Lipinski definition) is 1. The van der Waals surface area contributed by atoms with Crippen LogP contribution in [-0.2, 0) is 0 Å². The molecule has 0 bridgehead atoms. The van der Waals surface area contributed by atoms with E-state index in [0.29, 0.717) is 0 Å². The molecule has 1 aliphatic rings. The molecule has 9 aromatic rings. The largest absolute Gasteiger partial charge is 0.307 e. The molecule has 0 spiro atoms. The number of para-hydroxylation sites is 2. The lowest BCUT2D eigenvalue weighted by Crippen LogP contribution is -2.06. The minimum atomic E-state index is 0.0366. The van der Waals surface area contributed by atoms with Crippen molar-refractivity contribution in [3.05, 3.63) is 167 Å². The third kappa shape index (κ3) is 4.60. The van der Waals surface area contributed by atoms with Crippen LogP contribution >= 0.6 is 8.19 Å². The molecule has 0 atom stereocenters. The lowest BCUT2D eigenvalue weighted by molar-refractivity contribution is 0.0974. The summed E-state index contributed by atoms with van der Waals surface area (Å²) in [7, 11) is 1.03. The van der Waals surface area contributed by atoms with E-state index < -0.39 is 0 Å². The van der Waals surface area contributed by atoms with E-state index in [1.54, 1.807) is 0 Å². The Hall–Kier alpha value is -6.02. The molecule has 7 aromatic carbocycles. The van der Waals surface area contributed by atoms with Gasteiger partial charge in [0.05, 0.1) is 33.2 Å². The van der Waals surface area contributed by atoms with Gasteiger partial charge in [0, 0.05) is 32.6 Å². The molecule has 0 saturated carbocycles. The van der Waals surface area contributed by atoms with Gasteiger partial charge in [-0.1, -0.05) is 115 Å². The summed E-state index contributed by atoms with van der Waals surface area (Å²) < 4.78 is 4.48. The molecule has 0 radical (unpaired) electrons. The highest BCUT2D eigenvalue weighted by Crippen LogP contribution is 2.51. The third-order valence-electron chi connectivity index (χ3n) is 11.2. The Bertz CT molecular complexity index is 2970. The summed E-state index contributed by atoms with van der Waals surface area (Å²) in [5.41, 5.74) is 20.5. The fraction of sp³-hybridized carbons (Fsp3) is 0.102. The van der Waals surface area contributed by atoms with Crippen molar-refractivity contribution in [2.75, 3.05) is 0 Å². The zero-order chi connectivity index (χ0) is 36.1. The van der Waals surface area contributed by atoms with Gasteiger partial charge in [-0.05, 0) is 112 Å². The normalized spacial score (nSPS) is 12.4. The molecule has 3 heterocycles. The number of benzene rings is 7. The Morgan fingerprint density at radius 1 is 0.472 bits per heavy atom. The van der Waals surface area contributed by atoms with Crippen LogP contribution in [0.25, 0.3) is 82.5 Å². The zero-order valence-electron chi connectivity index (χ0n) is 30.5. The Kier molecular flexibility index (Phi) is 7.03. The molecule has 0 unspecified atom stereocenters. The summed E-state index contributed by atoms with van der Waals surface area (Å²) in [6.45, 7) is 11.1. The van der Waals surface area contributed by atoms with E-state index in [0.717, 1.165) is 63.2 Å². The van der Waals surface area contributed by atoms with Crippen molar-refractivity contribution in [2.24, 2.45) is 0 Å². The summed E-state index contributed by atoms with van der Waals surface area (Å²) in [6, 6.07) is 48.0. The first-order chi connectivity index (χ1) is 25.8. The first-order valence-corrected chi connectivity index (χ1v) is 19.2. The van der Waals surface area contributed by atoms with Crippen LogP contribution < -0.4 is 0 Å². The van der Waals surface area contributed by atoms with Crippen LogP contribution in [-0.4, -0.2) is 15.0 Å². The van der Waals surface area contributed by atoms with Gasteiger partial charge in [-0.3, -0.25) is 9.36 Å². The van der Waals surface area contributed by atoms with Gasteiger partial charge >= 0.3 is 0 Å². The fourth-order valence-corrected chi connectivity index (χ4v) is 10.4. The van der Waals surface area contributed by atoms with Crippen LogP contribution in [0.2, 0.25) is 0 Å². The number of carbonyl (C=O) groups is 1. The second kappa shape index (κ2) is 11.7. The number of aromatic nitrogens is 2. The average molecular weight is 701 g/mol. The smallest absolute Gasteiger partial charge is 0.263 e. The van der Waals surface area contributed by atoms with Crippen molar-refractivity contribution in [3.8, 4) is 50.1 Å². The van der Waals surface area contributed by atoms with Gasteiger partial charge in [-0.25, -0.2) is 0 Å². The molecular weight excluding hydrogens is 664 g/mol. The molecular formula is C49H37N2OP. The van der Waals surface area contributed by atoms with Gasteiger partial charge in [0.25, 0.3) is 5.91 Å². The van der Waals surface area contributed by atoms with Crippen molar-refractivity contribution in [1.29, 1.82) is 0 Å². The van der Waals surface area contributed by atoms with Crippen molar-refractivity contribution < 1.29 is 4.79 Å². The summed E-state index contributed by atoms with van der Waals surface area (Å²) in [4.78, 5) is 14.6. The maximum absolute atomic E-state index is 14.6. The van der Waals surface area contributed by atoms with Crippen molar-refractivity contribution in [1.82, 2.24) is 9.13 Å². The molecule has 0 N–H and O–H groups in total. The summed E-state index contributed by atoms with van der Waals surface area (Å²) in [5.74, 6) is 0.0366. The molecule has 10 rings (SSSR count). The van der Waals surface area contributed by atoms with Crippen molar-refractivity contribution in [2.45, 2.75) is 34.6 Å². The highest BCUT2D eigenvalue weighted by Gasteiger charge is 2.33. The topological polar surface area (TPSA) is 26.9 Å². The van der Waals surface area contributed by atoms with Gasteiger partial charge < -0.3 is 4.57 Å². The lowest BCUT2D eigenvalue weighted by atomic mass is 9.92. The van der Waals surface area contributed by atoms with Gasteiger partial charge in [-0.15, -0.1) is 0 Å². The molecule has 2 aromatic heterocycles. The van der Waals surface area contributed by atoms with E-state index in [1.807, 2.05) is 16.7 Å². The van der Waals surface area contributed by atoms with E-state index in [-0.39, 0.29) is 5.91 Å². The minimum Gasteiger partial charge on any atom is -0.307 e. The average Bonchev–Trinajstić information content (AvgIpc) is 3.79. The van der Waals surface area contributed by atoms with Gasteiger partial charge in [0.1, 0.15) is 0 Å². The number of hydrogen-bond donors (Lipinski definition) is 0. The molecule has 254 valence electrons. The first-order valence-electron chi connectivity index (χ1n) is 18.3. The van der Waals surface area contributed by atoms with Crippen LogP contribution in [0.4, 0.5) is 0 Å². The number of nitrogens with zero attached hydrogens (tertiary/aromatic N) is 2. The molecule has 0 aliphatic carbocycles. The number of rotatable bonds is 4. The Morgan fingerprint density at radius 2 is 1.06 bits per heavy atom. The lowest BCUT2D eigenvalue weighted by Gasteiger charge is -2.19. The maximum atomic E-state index is 14.6. The van der Waals surface area contributed by atoms with E-state index in [4.69, 9.17) is 0 Å². The summed E-state index contributed by atoms with van der Waals surface area (Å²) in [5, 5.41) is 3.56. The van der Waals surface area contributed by atoms with Crippen molar-refractivity contribution >= 4 is 46.5 Å². The van der Waals surface area contributed by atoms with Crippen LogP contribution in [0.3, 0.4) is 0 Å². The highest BCUT2D eigenvalue weighted by molar-refractivity contribution is 7.40. The van der Waals surface area contributed by atoms with Gasteiger partial charge in [0.2, 0.25) is 0 Å². The predicted octanol–water partition coefficient (Wildman–Crippen LogP) is 13.5. The molecule has 1 aliphatic heterocycles. The van der Waals surface area contributed by atoms with Crippen LogP contribution in [0.15, 0.2) is 133 Å². The van der Waals surface area contributed by atoms with E-state index in [1.165, 1.54) is 60.8 Å². The van der Waals surface area contributed by atoms with E-state index in [2.05, 4.69) is 161 Å². The summed E-state index contributed by atoms with van der Waals surface area (Å²) >= 11 is 0. The number of carbonyl (C=O) groups excluding carboxylic acids is 1. The van der Waals surface area contributed by atoms with Crippen LogP contribution in [0, 0.1) is 34.6 Å². The zero-order valence-corrected chi connectivity index (χ0v) is 31.3. The first kappa shape index (κ1) is 31.7. The molecule has 53 heavy (non-hydrogen) atoms. The quantitative estimate of drug-likeness (QED) is 0.180. The Labute approximate surface area is 310 Å². The Morgan fingerprint density at radius 3 is 1.72 bits per heavy atom.